The Morgan fingerprint density at radius 3 is 0.694 bits per heavy atom. The Morgan fingerprint density at radius 1 is 0.197 bits per heavy atom. The molecule has 1 aliphatic carbocycles. The molecule has 0 N–H and O–H groups in total. The topological polar surface area (TPSA) is 29.6 Å². The van der Waals surface area contributed by atoms with E-state index in [9.17, 15) is 17.6 Å². The Hall–Kier alpha value is -16.0. The van der Waals surface area contributed by atoms with Crippen molar-refractivity contribution in [3.8, 4) is 69.9 Å². The van der Waals surface area contributed by atoms with E-state index in [1.807, 2.05) is 36.4 Å². The van der Waals surface area contributed by atoms with Crippen molar-refractivity contribution in [2.75, 3.05) is 0 Å². The number of nitrogens with zero attached hydrogens (tertiary/aromatic N) is 6. The largest absolute Gasteiger partial charge is 0.340 e. The molecule has 0 saturated heterocycles. The summed E-state index contributed by atoms with van der Waals surface area (Å²) in [6, 6.07) is 97.4. The van der Waals surface area contributed by atoms with Crippen molar-refractivity contribution in [2.24, 2.45) is 0 Å². The molecular weight excluding hydrogens is 1830 g/mol. The second-order valence-electron chi connectivity index (χ2n) is 39.8. The number of benzene rings is 16. The molecule has 6 heterocycles. The van der Waals surface area contributed by atoms with Crippen LogP contribution in [0.25, 0.3) is 153 Å². The van der Waals surface area contributed by atoms with E-state index in [0.717, 1.165) is 214 Å². The molecule has 23 rings (SSSR count). The highest BCUT2D eigenvalue weighted by molar-refractivity contribution is 6.15. The van der Waals surface area contributed by atoms with E-state index in [0.29, 0.717) is 54.7 Å². The van der Waals surface area contributed by atoms with Crippen LogP contribution in [0.2, 0.25) is 0 Å². The van der Waals surface area contributed by atoms with Crippen molar-refractivity contribution >= 4 is 131 Å². The van der Waals surface area contributed by atoms with E-state index in [4.69, 9.17) is 0 Å². The van der Waals surface area contributed by atoms with Gasteiger partial charge in [0, 0.05) is 192 Å². The molecule has 1 aliphatic rings. The predicted molar refractivity (Wildman–Crippen MR) is 589 cm³/mol. The first-order valence-corrected chi connectivity index (χ1v) is 52.3. The van der Waals surface area contributed by atoms with E-state index in [1.165, 1.54) is 104 Å². The van der Waals surface area contributed by atoms with E-state index in [2.05, 4.69) is 287 Å². The molecule has 0 bridgehead atoms. The number of para-hydroxylation sites is 4. The molecule has 0 unspecified atom stereocenters. The maximum absolute atomic E-state index is 15.7. The maximum Gasteiger partial charge on any atom is 0.186 e. The molecule has 0 amide bonds. The smallest absolute Gasteiger partial charge is 0.186 e. The zero-order valence-electron chi connectivity index (χ0n) is 82.9. The monoisotopic (exact) mass is 1940 g/mol. The van der Waals surface area contributed by atoms with Crippen LogP contribution in [-0.2, 0) is 31.6 Å². The number of hydrogen-bond acceptors (Lipinski definition) is 0. The van der Waals surface area contributed by atoms with E-state index >= 15 is 17.6 Å². The summed E-state index contributed by atoms with van der Waals surface area (Å²) < 4.78 is 135. The molecule has 6 aromatic heterocycles. The predicted octanol–water partition coefficient (Wildman–Crippen LogP) is 35.3. The normalized spacial score (nSPS) is 12.3. The first-order chi connectivity index (χ1) is 72.1. The fourth-order valence-electron chi connectivity index (χ4n) is 23.5. The molecule has 0 aliphatic heterocycles. The Balaban J connectivity index is 0.664. The summed E-state index contributed by atoms with van der Waals surface area (Å²) in [5.74, 6) is 17.0. The van der Waals surface area contributed by atoms with Gasteiger partial charge in [0.15, 0.2) is 46.5 Å². The molecule has 6 nitrogen and oxygen atoms in total. The van der Waals surface area contributed by atoms with Gasteiger partial charge in [-0.05, 0) is 241 Å². The number of fused-ring (bicyclic) bond motifs is 21. The van der Waals surface area contributed by atoms with Gasteiger partial charge in [-0.3, -0.25) is 0 Å². The van der Waals surface area contributed by atoms with Gasteiger partial charge in [-0.15, -0.1) is 0 Å². The highest BCUT2D eigenvalue weighted by Gasteiger charge is 2.47. The molecule has 22 aromatic rings. The summed E-state index contributed by atoms with van der Waals surface area (Å²) in [7, 11) is 0. The Bertz CT molecular complexity index is 8770. The third-order valence-corrected chi connectivity index (χ3v) is 30.6. The van der Waals surface area contributed by atoms with Gasteiger partial charge in [-0.1, -0.05) is 275 Å². The van der Waals surface area contributed by atoms with Crippen molar-refractivity contribution in [3.05, 3.63) is 404 Å². The summed E-state index contributed by atoms with van der Waals surface area (Å²) in [6.07, 6.45) is 22.9. The van der Waals surface area contributed by atoms with Crippen LogP contribution in [0, 0.1) is 93.9 Å². The molecule has 0 radical (unpaired) electrons. The van der Waals surface area contributed by atoms with Crippen molar-refractivity contribution in [1.82, 2.24) is 27.4 Å². The number of aromatic nitrogens is 6. The lowest BCUT2D eigenvalue weighted by Gasteiger charge is -2.34. The van der Waals surface area contributed by atoms with Crippen LogP contribution in [0.3, 0.4) is 0 Å². The minimum absolute atomic E-state index is 0.228. The number of rotatable bonds is 28. The van der Waals surface area contributed by atoms with Crippen LogP contribution in [0.5, 0.6) is 0 Å². The minimum Gasteiger partial charge on any atom is -0.340 e. The van der Waals surface area contributed by atoms with Crippen LogP contribution in [-0.4, -0.2) is 27.4 Å². The van der Waals surface area contributed by atoms with Gasteiger partial charge in [0.2, 0.25) is 0 Å². The molecular formula is C133H108F8N6. The number of halogens is 8. The van der Waals surface area contributed by atoms with Crippen molar-refractivity contribution in [1.29, 1.82) is 0 Å². The van der Waals surface area contributed by atoms with Gasteiger partial charge < -0.3 is 27.4 Å². The summed E-state index contributed by atoms with van der Waals surface area (Å²) in [5.41, 5.74) is 21.1. The summed E-state index contributed by atoms with van der Waals surface area (Å²) in [5, 5.41) is 11.5. The Labute approximate surface area is 849 Å². The van der Waals surface area contributed by atoms with Gasteiger partial charge in [-0.25, -0.2) is 35.1 Å². The summed E-state index contributed by atoms with van der Waals surface area (Å²) in [4.78, 5) is 0. The zero-order valence-corrected chi connectivity index (χ0v) is 82.9. The average Bonchev–Trinajstić information content (AvgIpc) is 1.53. The van der Waals surface area contributed by atoms with Crippen LogP contribution >= 0.6 is 0 Å². The third kappa shape index (κ3) is 17.0. The molecule has 147 heavy (non-hydrogen) atoms. The van der Waals surface area contributed by atoms with E-state index in [1.54, 1.807) is 48.5 Å². The highest BCUT2D eigenvalue weighted by Crippen LogP contribution is 2.58. The molecule has 0 fully saturated rings. The van der Waals surface area contributed by atoms with Crippen LogP contribution in [0.1, 0.15) is 223 Å². The van der Waals surface area contributed by atoms with Gasteiger partial charge in [0.1, 0.15) is 11.4 Å². The molecule has 0 atom stereocenters. The fraction of sp³-hybridized carbons (Fsp3) is 0.218. The van der Waals surface area contributed by atoms with E-state index < -0.39 is 63.3 Å². The van der Waals surface area contributed by atoms with Crippen LogP contribution < -0.4 is 0 Å². The summed E-state index contributed by atoms with van der Waals surface area (Å²) in [6.45, 7) is 12.5. The second-order valence-corrected chi connectivity index (χ2v) is 39.8. The Kier molecular flexibility index (Phi) is 25.9. The second kappa shape index (κ2) is 40.2. The first kappa shape index (κ1) is 94.6. The number of unbranched alkanes of at least 4 members (excludes halogenated alkanes) is 16. The van der Waals surface area contributed by atoms with Crippen molar-refractivity contribution < 1.29 is 35.1 Å². The van der Waals surface area contributed by atoms with Crippen LogP contribution in [0.15, 0.2) is 291 Å². The van der Waals surface area contributed by atoms with Gasteiger partial charge >= 0.3 is 0 Å². The molecule has 14 heteroatoms. The first-order valence-electron chi connectivity index (χ1n) is 52.3. The van der Waals surface area contributed by atoms with Gasteiger partial charge in [0.05, 0.1) is 27.5 Å². The lowest BCUT2D eigenvalue weighted by molar-refractivity contribution is 0.449. The van der Waals surface area contributed by atoms with Crippen LogP contribution in [0.4, 0.5) is 35.1 Å². The van der Waals surface area contributed by atoms with Crippen molar-refractivity contribution in [2.45, 2.75) is 188 Å². The summed E-state index contributed by atoms with van der Waals surface area (Å²) >= 11 is 0. The van der Waals surface area contributed by atoms with Gasteiger partial charge in [0.25, 0.3) is 0 Å². The molecule has 16 aromatic carbocycles. The minimum atomic E-state index is -1.49. The third-order valence-electron chi connectivity index (χ3n) is 30.6. The Morgan fingerprint density at radius 2 is 0.408 bits per heavy atom. The SMILES string of the molecule is CCCCCCCn1c2ccc(C#Cc3ccc4c(c3)C(c3ccc5c(c3)c3ccccc3n5CCCCCCC)(c3ccc5c(c3)c3ccccc3n5CCCCCCC)c3cc(C#Cc5ccc6c(c5)c5cc(C#Cc7ccc8c(c7)c7ccccc7n8-c7c(F)c(F)cc(F)c7F)ccc5n6CCCCCCC)ccc3-4)cc2c2cc(C#Cc3ccc4c(c3)c3ccccc3n4-c3c(F)c(F)cc(F)c3F)ccc21. The number of hydrogen-bond donors (Lipinski definition) is 0. The standard InChI is InChI=1S/C133H108F8N6/c1-5-9-13-17-29-69-142-115-37-25-21-33-97(115)107-81-93(57-67-121(107)142)133(94-58-68-122-108(82-94)98-34-22-26-38-116(98)143(122)70-30-18-14-10-6-2)109-79-91(47-45-87-53-63-119-105(77-87)103-75-85(51-61-117(103)144(119)71-31-19-15-11-7-3)41-43-89-55-65-125-101(73-89)99-35-23-27-39-123(99)146(125)131-127(138)111(134)83-112(135)128(131)139)49-59-95(109)96-60-50-92(80-110(96)133)48-46-88-54-64-120-106(78-88)104-76-86(52-62-118(104)145(120)72-32-20-16-12-8-4)42-44-90-56-66-126-102(74-90)100-36-24-28-40-124(100)147(126)132-129(140)113(136)84-114(137)130(132)141/h21-28,33-40,49-68,73-84H,5-20,29-32,69-72H2,1-4H3. The average molecular weight is 1940 g/mol. The lowest BCUT2D eigenvalue weighted by atomic mass is 9.67. The maximum atomic E-state index is 15.7. The highest BCUT2D eigenvalue weighted by atomic mass is 19.2. The molecule has 0 saturated carbocycles. The van der Waals surface area contributed by atoms with Crippen molar-refractivity contribution in [3.63, 3.8) is 0 Å². The fourth-order valence-corrected chi connectivity index (χ4v) is 23.5. The van der Waals surface area contributed by atoms with E-state index in [-0.39, 0.29) is 12.1 Å². The van der Waals surface area contributed by atoms with Gasteiger partial charge in [-0.2, -0.15) is 0 Å². The zero-order chi connectivity index (χ0) is 100. The molecule has 0 spiro atoms. The molecule has 726 valence electrons. The quantitative estimate of drug-likeness (QED) is 0.0202. The number of aryl methyl sites for hydroxylation is 4. The lowest BCUT2D eigenvalue weighted by Crippen LogP contribution is -2.29.